The van der Waals surface area contributed by atoms with Crippen molar-refractivity contribution in [2.75, 3.05) is 18.0 Å². The summed E-state index contributed by atoms with van der Waals surface area (Å²) in [5, 5.41) is 1.10. The third-order valence-electron chi connectivity index (χ3n) is 7.50. The number of aromatic nitrogens is 2. The van der Waals surface area contributed by atoms with Gasteiger partial charge in [0, 0.05) is 70.5 Å². The van der Waals surface area contributed by atoms with Gasteiger partial charge in [-0.05, 0) is 71.4 Å². The lowest BCUT2D eigenvalue weighted by atomic mass is 9.77. The summed E-state index contributed by atoms with van der Waals surface area (Å²) >= 11 is 0. The Morgan fingerprint density at radius 3 is 2.40 bits per heavy atom. The van der Waals surface area contributed by atoms with Crippen molar-refractivity contribution in [1.82, 2.24) is 9.55 Å². The summed E-state index contributed by atoms with van der Waals surface area (Å²) in [5.74, 6) is -0.301. The second kappa shape index (κ2) is 8.56. The first-order chi connectivity index (χ1) is 16.9. The van der Waals surface area contributed by atoms with Gasteiger partial charge in [-0.1, -0.05) is 24.3 Å². The van der Waals surface area contributed by atoms with Crippen LogP contribution in [0.2, 0.25) is 0 Å². The first-order valence-corrected chi connectivity index (χ1v) is 12.5. The number of nitrogens with zero attached hydrogens (tertiary/aromatic N) is 3. The molecular weight excluding hydrogens is 434 g/mol. The number of benzene rings is 2. The van der Waals surface area contributed by atoms with Crippen molar-refractivity contribution in [1.29, 1.82) is 0 Å². The number of para-hydroxylation sites is 1. The summed E-state index contributed by atoms with van der Waals surface area (Å²) in [6, 6.07) is 16.8. The Labute approximate surface area is 207 Å². The molecule has 3 heterocycles. The SMILES string of the molecule is CCN(CC)c1ccc(C2(c3c(C)n(CC)c4ccccc34)OC(=O)c3cc(C)ncc32)c(C)c1. The number of pyridine rings is 1. The molecule has 0 bridgehead atoms. The van der Waals surface area contributed by atoms with Gasteiger partial charge in [-0.25, -0.2) is 4.79 Å². The fraction of sp³-hybridized carbons (Fsp3) is 0.333. The van der Waals surface area contributed by atoms with Crippen molar-refractivity contribution >= 4 is 22.6 Å². The molecule has 0 radical (unpaired) electrons. The average molecular weight is 468 g/mol. The van der Waals surface area contributed by atoms with E-state index in [1.807, 2.05) is 19.2 Å². The third kappa shape index (κ3) is 3.28. The van der Waals surface area contributed by atoms with Crippen LogP contribution in [-0.2, 0) is 16.9 Å². The van der Waals surface area contributed by atoms with Gasteiger partial charge in [-0.3, -0.25) is 4.98 Å². The Morgan fingerprint density at radius 2 is 1.71 bits per heavy atom. The summed E-state index contributed by atoms with van der Waals surface area (Å²) < 4.78 is 8.83. The molecule has 1 atom stereocenters. The monoisotopic (exact) mass is 467 g/mol. The van der Waals surface area contributed by atoms with Crippen LogP contribution in [0.25, 0.3) is 10.9 Å². The van der Waals surface area contributed by atoms with E-state index in [2.05, 4.69) is 91.5 Å². The van der Waals surface area contributed by atoms with Gasteiger partial charge in [-0.15, -0.1) is 0 Å². The minimum absolute atomic E-state index is 0.301. The fourth-order valence-corrected chi connectivity index (χ4v) is 5.89. The van der Waals surface area contributed by atoms with Crippen LogP contribution in [0.3, 0.4) is 0 Å². The fourth-order valence-electron chi connectivity index (χ4n) is 5.89. The lowest BCUT2D eigenvalue weighted by molar-refractivity contribution is 0.0251. The summed E-state index contributed by atoms with van der Waals surface area (Å²) in [4.78, 5) is 20.4. The molecule has 1 unspecified atom stereocenters. The molecular formula is C30H33N3O2. The lowest BCUT2D eigenvalue weighted by Crippen LogP contribution is -2.32. The quantitative estimate of drug-likeness (QED) is 0.313. The van der Waals surface area contributed by atoms with Gasteiger partial charge >= 0.3 is 5.97 Å². The molecule has 4 aromatic rings. The molecule has 0 N–H and O–H groups in total. The normalized spacial score (nSPS) is 17.0. The first-order valence-electron chi connectivity index (χ1n) is 12.5. The summed E-state index contributed by atoms with van der Waals surface area (Å²) in [6.45, 7) is 15.3. The maximum absolute atomic E-state index is 13.4. The number of rotatable bonds is 6. The Hall–Kier alpha value is -3.60. The van der Waals surface area contributed by atoms with E-state index in [4.69, 9.17) is 4.74 Å². The zero-order chi connectivity index (χ0) is 24.9. The Balaban J connectivity index is 1.89. The molecule has 0 amide bonds. The van der Waals surface area contributed by atoms with Gasteiger partial charge < -0.3 is 14.2 Å². The van der Waals surface area contributed by atoms with Crippen LogP contribution in [0.1, 0.15) is 64.8 Å². The summed E-state index contributed by atoms with van der Waals surface area (Å²) in [6.07, 6.45) is 1.84. The molecule has 5 nitrogen and oxygen atoms in total. The van der Waals surface area contributed by atoms with Crippen LogP contribution in [0, 0.1) is 20.8 Å². The largest absolute Gasteiger partial charge is 0.440 e. The van der Waals surface area contributed by atoms with Gasteiger partial charge in [0.2, 0.25) is 0 Å². The molecule has 1 aliphatic heterocycles. The van der Waals surface area contributed by atoms with Gasteiger partial charge in [0.25, 0.3) is 0 Å². The smallest absolute Gasteiger partial charge is 0.340 e. The van der Waals surface area contributed by atoms with Gasteiger partial charge in [0.05, 0.1) is 5.56 Å². The second-order valence-electron chi connectivity index (χ2n) is 9.34. The molecule has 0 fully saturated rings. The predicted molar refractivity (Wildman–Crippen MR) is 141 cm³/mol. The van der Waals surface area contributed by atoms with Crippen molar-refractivity contribution in [3.63, 3.8) is 0 Å². The summed E-state index contributed by atoms with van der Waals surface area (Å²) in [7, 11) is 0. The van der Waals surface area contributed by atoms with E-state index in [1.54, 1.807) is 0 Å². The van der Waals surface area contributed by atoms with Gasteiger partial charge in [0.1, 0.15) is 0 Å². The molecule has 2 aromatic carbocycles. The van der Waals surface area contributed by atoms with Crippen LogP contribution < -0.4 is 4.90 Å². The number of fused-ring (bicyclic) bond motifs is 2. The second-order valence-corrected chi connectivity index (χ2v) is 9.34. The molecule has 0 spiro atoms. The van der Waals surface area contributed by atoms with E-state index in [0.29, 0.717) is 5.56 Å². The number of hydrogen-bond donors (Lipinski definition) is 0. The van der Waals surface area contributed by atoms with E-state index < -0.39 is 5.60 Å². The first kappa shape index (κ1) is 23.2. The number of aryl methyl sites for hydroxylation is 3. The molecule has 2 aromatic heterocycles. The van der Waals surface area contributed by atoms with E-state index in [9.17, 15) is 4.79 Å². The lowest BCUT2D eigenvalue weighted by Gasteiger charge is -2.33. The molecule has 180 valence electrons. The number of esters is 1. The van der Waals surface area contributed by atoms with Gasteiger partial charge in [-0.2, -0.15) is 0 Å². The zero-order valence-corrected chi connectivity index (χ0v) is 21.5. The maximum atomic E-state index is 13.4. The molecule has 0 aliphatic carbocycles. The Morgan fingerprint density at radius 1 is 0.971 bits per heavy atom. The highest BCUT2D eigenvalue weighted by molar-refractivity contribution is 5.98. The molecule has 0 saturated carbocycles. The number of ether oxygens (including phenoxy) is 1. The zero-order valence-electron chi connectivity index (χ0n) is 21.5. The van der Waals surface area contributed by atoms with Crippen LogP contribution in [0.4, 0.5) is 5.69 Å². The van der Waals surface area contributed by atoms with Crippen LogP contribution in [0.5, 0.6) is 0 Å². The molecule has 0 saturated heterocycles. The average Bonchev–Trinajstić information content (AvgIpc) is 3.30. The summed E-state index contributed by atoms with van der Waals surface area (Å²) in [5.41, 5.74) is 7.65. The third-order valence-corrected chi connectivity index (χ3v) is 7.50. The maximum Gasteiger partial charge on any atom is 0.340 e. The standard InChI is InChI=1S/C30H33N3O2/c1-7-32(8-2)22-14-15-25(19(4)16-22)30(26-18-31-20(5)17-24(26)29(34)35-30)28-21(6)33(9-3)27-13-11-10-12-23(27)28/h10-18H,7-9H2,1-6H3. The molecule has 35 heavy (non-hydrogen) atoms. The molecule has 5 heteroatoms. The van der Waals surface area contributed by atoms with Crippen molar-refractivity contribution in [2.24, 2.45) is 0 Å². The highest BCUT2D eigenvalue weighted by Gasteiger charge is 2.52. The highest BCUT2D eigenvalue weighted by atomic mass is 16.6. The number of cyclic esters (lactones) is 1. The number of hydrogen-bond acceptors (Lipinski definition) is 4. The van der Waals surface area contributed by atoms with Crippen LogP contribution >= 0.6 is 0 Å². The van der Waals surface area contributed by atoms with E-state index >= 15 is 0 Å². The van der Waals surface area contributed by atoms with Crippen molar-refractivity contribution in [3.8, 4) is 0 Å². The van der Waals surface area contributed by atoms with Crippen molar-refractivity contribution in [3.05, 3.63) is 93.9 Å². The Kier molecular flexibility index (Phi) is 5.66. The topological polar surface area (TPSA) is 47.4 Å². The van der Waals surface area contributed by atoms with Crippen molar-refractivity contribution < 1.29 is 9.53 Å². The van der Waals surface area contributed by atoms with Crippen LogP contribution in [0.15, 0.2) is 54.7 Å². The predicted octanol–water partition coefficient (Wildman–Crippen LogP) is 6.29. The number of carbonyl (C=O) groups is 1. The van der Waals surface area contributed by atoms with Gasteiger partial charge in [0.15, 0.2) is 5.60 Å². The minimum Gasteiger partial charge on any atom is -0.440 e. The van der Waals surface area contributed by atoms with Crippen LogP contribution in [-0.4, -0.2) is 28.6 Å². The molecule has 5 rings (SSSR count). The molecule has 1 aliphatic rings. The number of anilines is 1. The van der Waals surface area contributed by atoms with E-state index in [1.165, 1.54) is 5.69 Å². The Bertz CT molecular complexity index is 1450. The minimum atomic E-state index is -1.07. The van der Waals surface area contributed by atoms with E-state index in [-0.39, 0.29) is 5.97 Å². The van der Waals surface area contributed by atoms with Crippen molar-refractivity contribution in [2.45, 2.75) is 53.7 Å². The van der Waals surface area contributed by atoms with E-state index in [0.717, 1.165) is 64.2 Å². The highest BCUT2D eigenvalue weighted by Crippen LogP contribution is 2.51. The number of carbonyl (C=O) groups excluding carboxylic acids is 1.